The Morgan fingerprint density at radius 3 is 2.74 bits per heavy atom. The van der Waals surface area contributed by atoms with E-state index in [1.165, 1.54) is 24.3 Å². The van der Waals surface area contributed by atoms with Crippen LogP contribution in [-0.4, -0.2) is 48.3 Å². The van der Waals surface area contributed by atoms with Crippen LogP contribution in [0.4, 0.5) is 10.7 Å². The largest absolute Gasteiger partial charge is 0.353 e. The minimum Gasteiger partial charge on any atom is -0.353 e. The highest BCUT2D eigenvalue weighted by Gasteiger charge is 2.30. The van der Waals surface area contributed by atoms with Crippen molar-refractivity contribution in [1.29, 1.82) is 0 Å². The Kier molecular flexibility index (Phi) is 3.86. The zero-order valence-electron chi connectivity index (χ0n) is 11.3. The van der Waals surface area contributed by atoms with E-state index in [1.807, 2.05) is 18.9 Å². The molecule has 0 aliphatic carbocycles. The summed E-state index contributed by atoms with van der Waals surface area (Å²) in [7, 11) is 2.04. The summed E-state index contributed by atoms with van der Waals surface area (Å²) in [5.74, 6) is -0.124. The molecule has 0 amide bonds. The molecule has 0 radical (unpaired) electrons. The molecule has 19 heavy (non-hydrogen) atoms. The average molecular weight is 283 g/mol. The maximum Gasteiger partial charge on any atom is 0.304 e. The lowest BCUT2D eigenvalue weighted by atomic mass is 10.2. The Bertz CT molecular complexity index is 514. The van der Waals surface area contributed by atoms with Crippen molar-refractivity contribution in [3.05, 3.63) is 21.1 Å². The molecule has 1 aliphatic rings. The van der Waals surface area contributed by atoms with Gasteiger partial charge in [-0.1, -0.05) is 0 Å². The zero-order chi connectivity index (χ0) is 14.2. The number of hydrogen-bond donors (Lipinski definition) is 0. The summed E-state index contributed by atoms with van der Waals surface area (Å²) in [6, 6.07) is 1.60. The molecule has 1 aromatic rings. The number of rotatable bonds is 3. The van der Waals surface area contributed by atoms with Gasteiger partial charge in [-0.25, -0.2) is 0 Å². The van der Waals surface area contributed by atoms with Crippen LogP contribution in [-0.2, 0) is 0 Å². The molecule has 1 fully saturated rings. The number of piperazine rings is 1. The smallest absolute Gasteiger partial charge is 0.304 e. The van der Waals surface area contributed by atoms with Crippen LogP contribution < -0.4 is 4.90 Å². The van der Waals surface area contributed by atoms with E-state index >= 15 is 0 Å². The van der Waals surface area contributed by atoms with Crippen LogP contribution in [0, 0.1) is 10.1 Å². The van der Waals surface area contributed by atoms with E-state index in [2.05, 4.69) is 4.90 Å². The van der Waals surface area contributed by atoms with Crippen molar-refractivity contribution < 1.29 is 9.72 Å². The van der Waals surface area contributed by atoms with E-state index in [-0.39, 0.29) is 17.5 Å². The number of Topliss-reactive ketones (excluding diaryl/α,β-unsaturated/α-hetero) is 1. The molecule has 1 aliphatic heterocycles. The first-order chi connectivity index (χ1) is 8.90. The van der Waals surface area contributed by atoms with E-state index in [4.69, 9.17) is 0 Å². The number of nitrogens with zero attached hydrogens (tertiary/aromatic N) is 3. The number of anilines is 1. The second kappa shape index (κ2) is 5.26. The predicted octanol–water partition coefficient (Wildman–Crippen LogP) is 2.00. The van der Waals surface area contributed by atoms with Crippen LogP contribution in [0.3, 0.4) is 0 Å². The molecule has 1 saturated heterocycles. The summed E-state index contributed by atoms with van der Waals surface area (Å²) in [5, 5.41) is 11.7. The quantitative estimate of drug-likeness (QED) is 0.482. The lowest BCUT2D eigenvalue weighted by molar-refractivity contribution is -0.383. The molecule has 0 N–H and O–H groups in total. The van der Waals surface area contributed by atoms with Gasteiger partial charge in [0.25, 0.3) is 0 Å². The Morgan fingerprint density at radius 1 is 1.53 bits per heavy atom. The summed E-state index contributed by atoms with van der Waals surface area (Å²) < 4.78 is 0. The van der Waals surface area contributed by atoms with Gasteiger partial charge in [0.05, 0.1) is 9.80 Å². The minimum atomic E-state index is -0.399. The second-order valence-corrected chi connectivity index (χ2v) is 5.95. The molecular weight excluding hydrogens is 266 g/mol. The Morgan fingerprint density at radius 2 is 2.21 bits per heavy atom. The van der Waals surface area contributed by atoms with Crippen molar-refractivity contribution >= 4 is 27.8 Å². The third kappa shape index (κ3) is 2.76. The highest BCUT2D eigenvalue weighted by Crippen LogP contribution is 2.39. The minimum absolute atomic E-state index is 0.0478. The molecule has 0 spiro atoms. The molecule has 1 unspecified atom stereocenters. The first kappa shape index (κ1) is 14.0. The summed E-state index contributed by atoms with van der Waals surface area (Å²) in [4.78, 5) is 26.8. The van der Waals surface area contributed by atoms with Crippen molar-refractivity contribution in [2.24, 2.45) is 0 Å². The molecule has 0 saturated carbocycles. The highest BCUT2D eigenvalue weighted by molar-refractivity contribution is 7.18. The lowest BCUT2D eigenvalue weighted by Gasteiger charge is -2.38. The molecule has 0 aromatic carbocycles. The number of hydrogen-bond acceptors (Lipinski definition) is 6. The number of carbonyl (C=O) groups excluding carboxylic acids is 1. The van der Waals surface area contributed by atoms with Gasteiger partial charge in [-0.3, -0.25) is 14.9 Å². The van der Waals surface area contributed by atoms with Gasteiger partial charge in [0, 0.05) is 31.7 Å². The van der Waals surface area contributed by atoms with Crippen molar-refractivity contribution in [2.75, 3.05) is 31.6 Å². The number of nitro groups is 1. The fourth-order valence-corrected chi connectivity index (χ4v) is 3.47. The fraction of sp³-hybridized carbons (Fsp3) is 0.583. The summed E-state index contributed by atoms with van der Waals surface area (Å²) in [6.07, 6.45) is 0. The Labute approximate surface area is 115 Å². The van der Waals surface area contributed by atoms with Gasteiger partial charge in [-0.2, -0.15) is 0 Å². The van der Waals surface area contributed by atoms with Crippen LogP contribution in [0.5, 0.6) is 0 Å². The van der Waals surface area contributed by atoms with E-state index < -0.39 is 4.92 Å². The maximum absolute atomic E-state index is 11.4. The third-order valence-electron chi connectivity index (χ3n) is 3.33. The first-order valence-corrected chi connectivity index (χ1v) is 6.96. The van der Waals surface area contributed by atoms with Crippen LogP contribution in [0.2, 0.25) is 0 Å². The normalized spacial score (nSPS) is 20.6. The van der Waals surface area contributed by atoms with E-state index in [0.717, 1.165) is 19.6 Å². The molecule has 1 aromatic heterocycles. The van der Waals surface area contributed by atoms with Crippen molar-refractivity contribution in [3.63, 3.8) is 0 Å². The lowest BCUT2D eigenvalue weighted by Crippen LogP contribution is -2.50. The fourth-order valence-electron chi connectivity index (χ4n) is 2.32. The topological polar surface area (TPSA) is 66.7 Å². The van der Waals surface area contributed by atoms with Gasteiger partial charge in [0.2, 0.25) is 0 Å². The van der Waals surface area contributed by atoms with Crippen LogP contribution in [0.1, 0.15) is 23.5 Å². The zero-order valence-corrected chi connectivity index (χ0v) is 12.1. The molecule has 104 valence electrons. The molecule has 2 heterocycles. The Balaban J connectivity index is 2.37. The SMILES string of the molecule is CC(=O)c1cc([N+](=O)[O-])c(N2CCN(C)CC2C)s1. The average Bonchev–Trinajstić information content (AvgIpc) is 2.73. The van der Waals surface area contributed by atoms with Gasteiger partial charge in [-0.05, 0) is 20.9 Å². The Hall–Kier alpha value is -1.47. The van der Waals surface area contributed by atoms with E-state index in [0.29, 0.717) is 9.88 Å². The monoisotopic (exact) mass is 283 g/mol. The molecule has 6 nitrogen and oxygen atoms in total. The molecule has 2 rings (SSSR count). The van der Waals surface area contributed by atoms with Crippen molar-refractivity contribution in [1.82, 2.24) is 4.90 Å². The number of ketones is 1. The summed E-state index contributed by atoms with van der Waals surface area (Å²) in [6.45, 7) is 5.97. The molecular formula is C12H17N3O3S. The van der Waals surface area contributed by atoms with E-state index in [9.17, 15) is 14.9 Å². The number of thiophene rings is 1. The second-order valence-electron chi connectivity index (χ2n) is 4.92. The van der Waals surface area contributed by atoms with Crippen molar-refractivity contribution in [2.45, 2.75) is 19.9 Å². The van der Waals surface area contributed by atoms with Crippen LogP contribution in [0.25, 0.3) is 0 Å². The number of likely N-dealkylation sites (N-methyl/N-ethyl adjacent to an activating group) is 1. The first-order valence-electron chi connectivity index (χ1n) is 6.14. The maximum atomic E-state index is 11.4. The van der Waals surface area contributed by atoms with Gasteiger partial charge in [-0.15, -0.1) is 11.3 Å². The van der Waals surface area contributed by atoms with Gasteiger partial charge < -0.3 is 9.80 Å². The number of carbonyl (C=O) groups is 1. The highest BCUT2D eigenvalue weighted by atomic mass is 32.1. The standard InChI is InChI=1S/C12H17N3O3S/c1-8-7-13(3)4-5-14(8)12-10(15(17)18)6-11(19-12)9(2)16/h6,8H,4-5,7H2,1-3H3. The molecule has 7 heteroatoms. The van der Waals surface area contributed by atoms with E-state index in [1.54, 1.807) is 0 Å². The van der Waals surface area contributed by atoms with Crippen molar-refractivity contribution in [3.8, 4) is 0 Å². The third-order valence-corrected chi connectivity index (χ3v) is 4.59. The van der Waals surface area contributed by atoms with Crippen LogP contribution >= 0.6 is 11.3 Å². The summed E-state index contributed by atoms with van der Waals surface area (Å²) in [5.41, 5.74) is 0.0478. The predicted molar refractivity (Wildman–Crippen MR) is 75.3 cm³/mol. The molecule has 0 bridgehead atoms. The van der Waals surface area contributed by atoms with Gasteiger partial charge in [0.15, 0.2) is 10.8 Å². The van der Waals surface area contributed by atoms with Crippen LogP contribution in [0.15, 0.2) is 6.07 Å². The summed E-state index contributed by atoms with van der Waals surface area (Å²) >= 11 is 1.22. The van der Waals surface area contributed by atoms with Gasteiger partial charge >= 0.3 is 5.69 Å². The van der Waals surface area contributed by atoms with Gasteiger partial charge in [0.1, 0.15) is 0 Å². The molecule has 1 atom stereocenters.